The van der Waals surface area contributed by atoms with E-state index >= 15 is 0 Å². The summed E-state index contributed by atoms with van der Waals surface area (Å²) in [6, 6.07) is 14.1. The minimum atomic E-state index is 0.508. The molecule has 2 aromatic heterocycles. The number of rotatable bonds is 2. The van der Waals surface area contributed by atoms with Gasteiger partial charge in [0.25, 0.3) is 0 Å². The summed E-state index contributed by atoms with van der Waals surface area (Å²) < 4.78 is 11.1. The molecule has 0 unspecified atom stereocenters. The summed E-state index contributed by atoms with van der Waals surface area (Å²) in [5, 5.41) is 1.08. The van der Waals surface area contributed by atoms with Crippen molar-refractivity contribution in [1.29, 1.82) is 0 Å². The Labute approximate surface area is 127 Å². The molecule has 22 heavy (non-hydrogen) atoms. The highest BCUT2D eigenvalue weighted by atomic mass is 16.5. The van der Waals surface area contributed by atoms with Gasteiger partial charge in [0.15, 0.2) is 0 Å². The zero-order valence-corrected chi connectivity index (χ0v) is 12.3. The Kier molecular flexibility index (Phi) is 2.82. The average molecular weight is 290 g/mol. The predicted molar refractivity (Wildman–Crippen MR) is 86.0 cm³/mol. The van der Waals surface area contributed by atoms with E-state index in [2.05, 4.69) is 16.0 Å². The maximum Gasteiger partial charge on any atom is 0.232 e. The second kappa shape index (κ2) is 4.84. The summed E-state index contributed by atoms with van der Waals surface area (Å²) in [4.78, 5) is 8.96. The highest BCUT2D eigenvalue weighted by Crippen LogP contribution is 2.33. The number of hydrogen-bond donors (Lipinski definition) is 0. The fourth-order valence-electron chi connectivity index (χ4n) is 2.65. The van der Waals surface area contributed by atoms with Gasteiger partial charge in [-0.15, -0.1) is 0 Å². The lowest BCUT2D eigenvalue weighted by Crippen LogP contribution is -1.93. The van der Waals surface area contributed by atoms with Crippen LogP contribution in [0.2, 0.25) is 0 Å². The van der Waals surface area contributed by atoms with E-state index in [1.807, 2.05) is 43.3 Å². The number of fused-ring (bicyclic) bond motifs is 2. The fourth-order valence-corrected chi connectivity index (χ4v) is 2.65. The number of para-hydroxylation sites is 1. The molecule has 0 aliphatic rings. The topological polar surface area (TPSA) is 48.2 Å². The highest BCUT2D eigenvalue weighted by molar-refractivity contribution is 5.93. The molecule has 0 N–H and O–H groups in total. The van der Waals surface area contributed by atoms with Gasteiger partial charge in [0.2, 0.25) is 5.88 Å². The molecule has 0 saturated carbocycles. The molecule has 4 aromatic rings. The van der Waals surface area contributed by atoms with Crippen molar-refractivity contribution in [3.05, 3.63) is 54.2 Å². The molecule has 0 fully saturated rings. The molecular weight excluding hydrogens is 276 g/mol. The smallest absolute Gasteiger partial charge is 0.232 e. The molecule has 0 amide bonds. The van der Waals surface area contributed by atoms with Gasteiger partial charge in [-0.2, -0.15) is 0 Å². The Hall–Kier alpha value is -2.88. The van der Waals surface area contributed by atoms with Gasteiger partial charge < -0.3 is 9.15 Å². The minimum absolute atomic E-state index is 0.508. The molecule has 0 aliphatic carbocycles. The normalized spacial score (nSPS) is 11.2. The first kappa shape index (κ1) is 12.8. The molecule has 0 bridgehead atoms. The van der Waals surface area contributed by atoms with Gasteiger partial charge >= 0.3 is 0 Å². The van der Waals surface area contributed by atoms with E-state index in [9.17, 15) is 0 Å². The maximum atomic E-state index is 5.97. The van der Waals surface area contributed by atoms with Crippen LogP contribution in [0.4, 0.5) is 0 Å². The molecule has 2 heterocycles. The van der Waals surface area contributed by atoms with E-state index in [1.165, 1.54) is 0 Å². The Morgan fingerprint density at radius 2 is 1.95 bits per heavy atom. The van der Waals surface area contributed by atoms with Gasteiger partial charge in [-0.05, 0) is 36.8 Å². The third-order valence-corrected chi connectivity index (χ3v) is 3.67. The van der Waals surface area contributed by atoms with Gasteiger partial charge in [-0.25, -0.2) is 9.97 Å². The average Bonchev–Trinajstić information content (AvgIpc) is 2.97. The molecule has 0 spiro atoms. The second-order valence-electron chi connectivity index (χ2n) is 5.24. The van der Waals surface area contributed by atoms with E-state index < -0.39 is 0 Å². The summed E-state index contributed by atoms with van der Waals surface area (Å²) in [6.45, 7) is 2.03. The minimum Gasteiger partial charge on any atom is -0.480 e. The quantitative estimate of drug-likeness (QED) is 0.550. The third kappa shape index (κ3) is 2.00. The number of methoxy groups -OCH3 is 1. The van der Waals surface area contributed by atoms with Crippen LogP contribution in [0.3, 0.4) is 0 Å². The van der Waals surface area contributed by atoms with Crippen LogP contribution in [0.15, 0.2) is 53.1 Å². The van der Waals surface area contributed by atoms with Crippen LogP contribution >= 0.6 is 0 Å². The second-order valence-corrected chi connectivity index (χ2v) is 5.24. The number of nitrogens with zero attached hydrogens (tertiary/aromatic N) is 2. The zero-order chi connectivity index (χ0) is 15.1. The first-order valence-corrected chi connectivity index (χ1v) is 7.05. The Balaban J connectivity index is 2.00. The van der Waals surface area contributed by atoms with Crippen LogP contribution in [0.25, 0.3) is 33.3 Å². The lowest BCUT2D eigenvalue weighted by Gasteiger charge is -2.06. The van der Waals surface area contributed by atoms with Crippen LogP contribution in [-0.4, -0.2) is 17.1 Å². The monoisotopic (exact) mass is 290 g/mol. The van der Waals surface area contributed by atoms with E-state index in [0.717, 1.165) is 38.9 Å². The zero-order valence-electron chi connectivity index (χ0n) is 12.3. The van der Waals surface area contributed by atoms with Gasteiger partial charge in [0, 0.05) is 10.9 Å². The molecule has 4 rings (SSSR count). The highest BCUT2D eigenvalue weighted by Gasteiger charge is 2.13. The van der Waals surface area contributed by atoms with Crippen molar-refractivity contribution in [3.8, 4) is 17.2 Å². The van der Waals surface area contributed by atoms with E-state index in [-0.39, 0.29) is 0 Å². The molecule has 2 aromatic carbocycles. The Morgan fingerprint density at radius 3 is 2.77 bits per heavy atom. The molecule has 0 atom stereocenters. The number of hydrogen-bond acceptors (Lipinski definition) is 4. The molecule has 4 heteroatoms. The number of aryl methyl sites for hydroxylation is 1. The largest absolute Gasteiger partial charge is 0.480 e. The first-order chi connectivity index (χ1) is 10.7. The standard InChI is InChI=1S/C18H14N2O2/c1-11-7-13(16-9-12-5-3-4-6-15(12)22-16)18-14(8-11)20-17(21-2)10-19-18/h3-10H,1-2H3. The van der Waals surface area contributed by atoms with Crippen molar-refractivity contribution >= 4 is 22.0 Å². The summed E-state index contributed by atoms with van der Waals surface area (Å²) in [5.41, 5.74) is 4.53. The van der Waals surface area contributed by atoms with Crippen molar-refractivity contribution in [2.75, 3.05) is 7.11 Å². The molecule has 0 radical (unpaired) electrons. The number of benzene rings is 2. The summed E-state index contributed by atoms with van der Waals surface area (Å²) in [7, 11) is 1.59. The van der Waals surface area contributed by atoms with Crippen molar-refractivity contribution < 1.29 is 9.15 Å². The summed E-state index contributed by atoms with van der Waals surface area (Å²) in [6.07, 6.45) is 1.63. The summed E-state index contributed by atoms with van der Waals surface area (Å²) in [5.74, 6) is 1.31. The molecular formula is C18H14N2O2. The van der Waals surface area contributed by atoms with Crippen LogP contribution in [0.1, 0.15) is 5.56 Å². The van der Waals surface area contributed by atoms with Crippen LogP contribution < -0.4 is 4.74 Å². The van der Waals surface area contributed by atoms with Crippen molar-refractivity contribution in [2.45, 2.75) is 6.92 Å². The van der Waals surface area contributed by atoms with Crippen molar-refractivity contribution in [1.82, 2.24) is 9.97 Å². The number of furan rings is 1. The van der Waals surface area contributed by atoms with Gasteiger partial charge in [0.05, 0.1) is 24.3 Å². The van der Waals surface area contributed by atoms with E-state index in [0.29, 0.717) is 5.88 Å². The lowest BCUT2D eigenvalue weighted by atomic mass is 10.1. The fraction of sp³-hybridized carbons (Fsp3) is 0.111. The third-order valence-electron chi connectivity index (χ3n) is 3.67. The molecule has 0 aliphatic heterocycles. The van der Waals surface area contributed by atoms with Crippen molar-refractivity contribution in [3.63, 3.8) is 0 Å². The summed E-state index contributed by atoms with van der Waals surface area (Å²) >= 11 is 0. The van der Waals surface area contributed by atoms with Gasteiger partial charge in [-0.1, -0.05) is 18.2 Å². The first-order valence-electron chi connectivity index (χ1n) is 7.05. The van der Waals surface area contributed by atoms with Crippen LogP contribution in [-0.2, 0) is 0 Å². The van der Waals surface area contributed by atoms with Gasteiger partial charge in [0.1, 0.15) is 11.3 Å². The Morgan fingerprint density at radius 1 is 1.09 bits per heavy atom. The van der Waals surface area contributed by atoms with Crippen molar-refractivity contribution in [2.24, 2.45) is 0 Å². The van der Waals surface area contributed by atoms with E-state index in [4.69, 9.17) is 9.15 Å². The number of ether oxygens (including phenoxy) is 1. The van der Waals surface area contributed by atoms with Crippen LogP contribution in [0.5, 0.6) is 5.88 Å². The predicted octanol–water partition coefficient (Wildman–Crippen LogP) is 4.36. The number of aromatic nitrogens is 2. The maximum absolute atomic E-state index is 5.97. The van der Waals surface area contributed by atoms with Gasteiger partial charge in [-0.3, -0.25) is 0 Å². The van der Waals surface area contributed by atoms with E-state index in [1.54, 1.807) is 13.3 Å². The molecule has 4 nitrogen and oxygen atoms in total. The van der Waals surface area contributed by atoms with Crippen LogP contribution in [0, 0.1) is 6.92 Å². The lowest BCUT2D eigenvalue weighted by molar-refractivity contribution is 0.397. The molecule has 0 saturated heterocycles. The SMILES string of the molecule is COc1cnc2c(-c3cc4ccccc4o3)cc(C)cc2n1. The molecule has 108 valence electrons. The Bertz CT molecular complexity index is 956.